The number of hydrogen-bond acceptors (Lipinski definition) is 3. The lowest BCUT2D eigenvalue weighted by atomic mass is 9.86. The number of nitrogens with zero attached hydrogens (tertiary/aromatic N) is 1. The number of carboxylic acid groups (broad SMARTS) is 1. The monoisotopic (exact) mass is 266 g/mol. The molecule has 0 spiro atoms. The maximum absolute atomic E-state index is 11.6. The number of imidazole rings is 1. The number of hydrogen-bond donors (Lipinski definition) is 4. The van der Waals surface area contributed by atoms with Gasteiger partial charge in [-0.1, -0.05) is 12.8 Å². The predicted octanol–water partition coefficient (Wildman–Crippen LogP) is 0.854. The third kappa shape index (κ3) is 3.24. The van der Waals surface area contributed by atoms with Crippen LogP contribution in [0.1, 0.15) is 31.4 Å². The van der Waals surface area contributed by atoms with Gasteiger partial charge in [-0.3, -0.25) is 4.79 Å². The summed E-state index contributed by atoms with van der Waals surface area (Å²) in [5.41, 5.74) is 0.00896. The fourth-order valence-electron chi connectivity index (χ4n) is 2.39. The van der Waals surface area contributed by atoms with Gasteiger partial charge >= 0.3 is 12.0 Å². The van der Waals surface area contributed by atoms with Crippen LogP contribution in [0.4, 0.5) is 4.79 Å². The lowest BCUT2D eigenvalue weighted by Crippen LogP contribution is -2.44. The first-order valence-electron chi connectivity index (χ1n) is 6.35. The van der Waals surface area contributed by atoms with Crippen LogP contribution >= 0.6 is 0 Å². The smallest absolute Gasteiger partial charge is 0.315 e. The molecular formula is C12H18N4O3. The third-order valence-corrected chi connectivity index (χ3v) is 3.60. The molecule has 104 valence electrons. The van der Waals surface area contributed by atoms with E-state index >= 15 is 0 Å². The summed E-state index contributed by atoms with van der Waals surface area (Å²) in [6.07, 6.45) is 6.22. The second kappa shape index (κ2) is 5.73. The Labute approximate surface area is 110 Å². The highest BCUT2D eigenvalue weighted by molar-refractivity contribution is 5.78. The Morgan fingerprint density at radius 2 is 2.11 bits per heavy atom. The molecule has 1 heterocycles. The van der Waals surface area contributed by atoms with Crippen LogP contribution in [-0.4, -0.2) is 33.6 Å². The van der Waals surface area contributed by atoms with Gasteiger partial charge in [-0.05, 0) is 12.8 Å². The van der Waals surface area contributed by atoms with E-state index in [-0.39, 0.29) is 12.6 Å². The molecule has 7 heteroatoms. The number of aromatic amines is 1. The summed E-state index contributed by atoms with van der Waals surface area (Å²) < 4.78 is 0. The van der Waals surface area contributed by atoms with E-state index in [2.05, 4.69) is 20.6 Å². The number of rotatable bonds is 5. The number of amides is 2. The molecule has 0 radical (unpaired) electrons. The van der Waals surface area contributed by atoms with Gasteiger partial charge in [-0.25, -0.2) is 9.78 Å². The van der Waals surface area contributed by atoms with Crippen molar-refractivity contribution >= 4 is 12.0 Å². The van der Waals surface area contributed by atoms with Gasteiger partial charge in [0.25, 0.3) is 0 Å². The maximum Gasteiger partial charge on any atom is 0.315 e. The second-order valence-corrected chi connectivity index (χ2v) is 4.91. The van der Waals surface area contributed by atoms with E-state index in [0.29, 0.717) is 19.4 Å². The molecule has 7 nitrogen and oxygen atoms in total. The van der Waals surface area contributed by atoms with Crippen LogP contribution in [-0.2, 0) is 11.3 Å². The summed E-state index contributed by atoms with van der Waals surface area (Å²) in [5.74, 6) is -0.820. The van der Waals surface area contributed by atoms with E-state index in [0.717, 1.165) is 18.5 Å². The molecule has 1 fully saturated rings. The molecule has 1 saturated carbocycles. The van der Waals surface area contributed by atoms with Crippen molar-refractivity contribution in [2.45, 2.75) is 32.2 Å². The summed E-state index contributed by atoms with van der Waals surface area (Å²) in [4.78, 5) is 29.6. The predicted molar refractivity (Wildman–Crippen MR) is 67.4 cm³/mol. The molecule has 1 aliphatic rings. The molecule has 0 unspecified atom stereocenters. The van der Waals surface area contributed by atoms with Gasteiger partial charge < -0.3 is 20.7 Å². The molecule has 0 aliphatic heterocycles. The molecule has 2 rings (SSSR count). The Kier molecular flexibility index (Phi) is 4.03. The van der Waals surface area contributed by atoms with Crippen molar-refractivity contribution in [3.05, 3.63) is 18.2 Å². The maximum atomic E-state index is 11.6. The Morgan fingerprint density at radius 1 is 1.37 bits per heavy atom. The number of carbonyl (C=O) groups is 2. The fourth-order valence-corrected chi connectivity index (χ4v) is 2.39. The topological polar surface area (TPSA) is 107 Å². The normalized spacial score (nSPS) is 17.1. The minimum atomic E-state index is -0.820. The van der Waals surface area contributed by atoms with Crippen LogP contribution in [0, 0.1) is 5.41 Å². The van der Waals surface area contributed by atoms with Crippen LogP contribution in [0.3, 0.4) is 0 Å². The second-order valence-electron chi connectivity index (χ2n) is 4.91. The molecule has 0 bridgehead atoms. The standard InChI is InChI=1S/C12H18N4O3/c17-10(18)12(3-1-2-4-12)7-15-11(19)14-6-9-5-13-8-16-9/h5,8H,1-4,6-7H2,(H,13,16)(H,17,18)(H2,14,15,19). The van der Waals surface area contributed by atoms with E-state index < -0.39 is 11.4 Å². The van der Waals surface area contributed by atoms with E-state index in [1.165, 1.54) is 6.33 Å². The van der Waals surface area contributed by atoms with Gasteiger partial charge in [0.2, 0.25) is 0 Å². The highest BCUT2D eigenvalue weighted by Crippen LogP contribution is 2.37. The Morgan fingerprint density at radius 3 is 2.68 bits per heavy atom. The SMILES string of the molecule is O=C(NCc1cnc[nH]1)NCC1(C(=O)O)CCCC1. The minimum Gasteiger partial charge on any atom is -0.481 e. The number of aromatic nitrogens is 2. The van der Waals surface area contributed by atoms with Crippen LogP contribution < -0.4 is 10.6 Å². The fraction of sp³-hybridized carbons (Fsp3) is 0.583. The number of urea groups is 1. The van der Waals surface area contributed by atoms with Crippen molar-refractivity contribution in [2.75, 3.05) is 6.54 Å². The highest BCUT2D eigenvalue weighted by atomic mass is 16.4. The largest absolute Gasteiger partial charge is 0.481 e. The van der Waals surface area contributed by atoms with Gasteiger partial charge in [0.1, 0.15) is 0 Å². The lowest BCUT2D eigenvalue weighted by molar-refractivity contribution is -0.148. The van der Waals surface area contributed by atoms with Crippen LogP contribution in [0.25, 0.3) is 0 Å². The van der Waals surface area contributed by atoms with Crippen molar-refractivity contribution in [3.63, 3.8) is 0 Å². The zero-order valence-corrected chi connectivity index (χ0v) is 10.6. The van der Waals surface area contributed by atoms with Crippen molar-refractivity contribution in [3.8, 4) is 0 Å². The molecule has 0 atom stereocenters. The quantitative estimate of drug-likeness (QED) is 0.633. The van der Waals surface area contributed by atoms with Crippen molar-refractivity contribution in [2.24, 2.45) is 5.41 Å². The molecule has 4 N–H and O–H groups in total. The van der Waals surface area contributed by atoms with Gasteiger partial charge in [0.05, 0.1) is 24.0 Å². The van der Waals surface area contributed by atoms with E-state index in [1.54, 1.807) is 6.20 Å². The van der Waals surface area contributed by atoms with Gasteiger partial charge in [-0.2, -0.15) is 0 Å². The zero-order chi connectivity index (χ0) is 13.7. The summed E-state index contributed by atoms with van der Waals surface area (Å²) in [7, 11) is 0. The zero-order valence-electron chi connectivity index (χ0n) is 10.6. The Hall–Kier alpha value is -2.05. The molecule has 1 aromatic heterocycles. The summed E-state index contributed by atoms with van der Waals surface area (Å²) >= 11 is 0. The van der Waals surface area contributed by atoms with Crippen LogP contribution in [0.5, 0.6) is 0 Å². The number of carboxylic acids is 1. The first kappa shape index (κ1) is 13.4. The molecule has 19 heavy (non-hydrogen) atoms. The molecule has 0 aromatic carbocycles. The lowest BCUT2D eigenvalue weighted by Gasteiger charge is -2.23. The Balaban J connectivity index is 1.77. The minimum absolute atomic E-state index is 0.178. The van der Waals surface area contributed by atoms with Crippen LogP contribution in [0.15, 0.2) is 12.5 Å². The van der Waals surface area contributed by atoms with E-state index in [9.17, 15) is 14.7 Å². The molecule has 2 amide bonds. The average Bonchev–Trinajstić information content (AvgIpc) is 3.05. The average molecular weight is 266 g/mol. The third-order valence-electron chi connectivity index (χ3n) is 3.60. The first-order valence-corrected chi connectivity index (χ1v) is 6.35. The Bertz CT molecular complexity index is 438. The first-order chi connectivity index (χ1) is 9.12. The van der Waals surface area contributed by atoms with Gasteiger partial charge in [-0.15, -0.1) is 0 Å². The van der Waals surface area contributed by atoms with Gasteiger partial charge in [0, 0.05) is 12.7 Å². The summed E-state index contributed by atoms with van der Waals surface area (Å²) in [5, 5.41) is 14.6. The number of carbonyl (C=O) groups excluding carboxylic acids is 1. The molecule has 1 aromatic rings. The van der Waals surface area contributed by atoms with Crippen molar-refractivity contribution < 1.29 is 14.7 Å². The van der Waals surface area contributed by atoms with E-state index in [1.807, 2.05) is 0 Å². The number of nitrogens with one attached hydrogen (secondary N) is 3. The number of H-pyrrole nitrogens is 1. The molecule has 0 saturated heterocycles. The van der Waals surface area contributed by atoms with Crippen LogP contribution in [0.2, 0.25) is 0 Å². The van der Waals surface area contributed by atoms with E-state index in [4.69, 9.17) is 0 Å². The van der Waals surface area contributed by atoms with Crippen molar-refractivity contribution in [1.82, 2.24) is 20.6 Å². The summed E-state index contributed by atoms with van der Waals surface area (Å²) in [6, 6.07) is -0.359. The summed E-state index contributed by atoms with van der Waals surface area (Å²) in [6.45, 7) is 0.517. The van der Waals surface area contributed by atoms with Crippen molar-refractivity contribution in [1.29, 1.82) is 0 Å². The molecular weight excluding hydrogens is 248 g/mol. The number of aliphatic carboxylic acids is 1. The molecule has 1 aliphatic carbocycles. The highest BCUT2D eigenvalue weighted by Gasteiger charge is 2.41. The van der Waals surface area contributed by atoms with Gasteiger partial charge in [0.15, 0.2) is 0 Å².